The molecule has 2 unspecified atom stereocenters. The first-order chi connectivity index (χ1) is 14.8. The molecule has 0 radical (unpaired) electrons. The zero-order valence-electron chi connectivity index (χ0n) is 19.1. The summed E-state index contributed by atoms with van der Waals surface area (Å²) in [5, 5.41) is 14.6. The van der Waals surface area contributed by atoms with Gasteiger partial charge in [-0.25, -0.2) is 4.68 Å². The van der Waals surface area contributed by atoms with Crippen molar-refractivity contribution in [3.8, 4) is 0 Å². The number of fused-ring (bicyclic) bond motifs is 1. The molecule has 3 N–H and O–H groups in total. The second-order valence-electron chi connectivity index (χ2n) is 10.4. The van der Waals surface area contributed by atoms with Crippen LogP contribution >= 0.6 is 0 Å². The Labute approximate surface area is 187 Å². The average Bonchev–Trinajstić information content (AvgIpc) is 3.08. The summed E-state index contributed by atoms with van der Waals surface area (Å²) in [5.74, 6) is 0.359. The van der Waals surface area contributed by atoms with Crippen molar-refractivity contribution in [2.45, 2.75) is 82.3 Å². The van der Waals surface area contributed by atoms with Gasteiger partial charge in [0.25, 0.3) is 0 Å². The first-order valence-corrected chi connectivity index (χ1v) is 11.1. The molecule has 2 atom stereocenters. The van der Waals surface area contributed by atoms with Crippen molar-refractivity contribution in [2.75, 3.05) is 5.32 Å². The van der Waals surface area contributed by atoms with Gasteiger partial charge >= 0.3 is 6.18 Å². The lowest BCUT2D eigenvalue weighted by Crippen LogP contribution is -2.61. The molecule has 1 saturated heterocycles. The third-order valence-corrected chi connectivity index (χ3v) is 6.33. The number of anilines is 1. The maximum absolute atomic E-state index is 13.9. The Morgan fingerprint density at radius 1 is 1.12 bits per heavy atom. The monoisotopic (exact) mass is 447 g/mol. The van der Waals surface area contributed by atoms with Crippen LogP contribution in [0.4, 0.5) is 19.0 Å². The van der Waals surface area contributed by atoms with E-state index in [0.29, 0.717) is 17.1 Å². The quantitative estimate of drug-likeness (QED) is 0.586. The third kappa shape index (κ3) is 4.65. The van der Waals surface area contributed by atoms with Crippen LogP contribution in [0.25, 0.3) is 5.70 Å². The standard InChI is InChI=1S/C24H32F3N5/c1-15(29-17-12-22(2,3)31-23(4,5)13-17)18-14-28-32-20(24(25,26)27)11-19(30-21(18)32)16-9-7-6-8-10-16/h6-10,14,17,19-20,29-31H,1,11-13H2,2-5H3. The lowest BCUT2D eigenvalue weighted by molar-refractivity contribution is -0.173. The SMILES string of the molecule is C=C(NC1CC(C)(C)NC(C)(C)C1)c1cnn2c1NC(c1ccccc1)CC2C(F)(F)F. The molecule has 0 amide bonds. The number of nitrogens with one attached hydrogen (secondary N) is 3. The number of aromatic nitrogens is 2. The molecular formula is C24H32F3N5. The number of hydrogen-bond acceptors (Lipinski definition) is 4. The summed E-state index contributed by atoms with van der Waals surface area (Å²) in [7, 11) is 0. The minimum atomic E-state index is -4.40. The minimum Gasteiger partial charge on any atom is -0.382 e. The van der Waals surface area contributed by atoms with Crippen molar-refractivity contribution in [3.05, 3.63) is 54.2 Å². The van der Waals surface area contributed by atoms with Gasteiger partial charge < -0.3 is 16.0 Å². The van der Waals surface area contributed by atoms with E-state index in [0.717, 1.165) is 23.1 Å². The largest absolute Gasteiger partial charge is 0.410 e. The van der Waals surface area contributed by atoms with E-state index in [4.69, 9.17) is 0 Å². The van der Waals surface area contributed by atoms with Gasteiger partial charge in [-0.15, -0.1) is 0 Å². The molecule has 0 bridgehead atoms. The smallest absolute Gasteiger partial charge is 0.382 e. The van der Waals surface area contributed by atoms with Gasteiger partial charge in [0.1, 0.15) is 5.82 Å². The van der Waals surface area contributed by atoms with E-state index < -0.39 is 18.3 Å². The maximum Gasteiger partial charge on any atom is 0.410 e. The van der Waals surface area contributed by atoms with Gasteiger partial charge in [0.05, 0.1) is 17.8 Å². The molecule has 0 saturated carbocycles. The molecule has 1 aromatic carbocycles. The van der Waals surface area contributed by atoms with Crippen molar-refractivity contribution in [2.24, 2.45) is 0 Å². The van der Waals surface area contributed by atoms with Gasteiger partial charge in [-0.3, -0.25) is 0 Å². The Balaban J connectivity index is 1.62. The van der Waals surface area contributed by atoms with E-state index in [9.17, 15) is 13.2 Å². The Morgan fingerprint density at radius 3 is 2.34 bits per heavy atom. The van der Waals surface area contributed by atoms with E-state index in [1.165, 1.54) is 6.20 Å². The Morgan fingerprint density at radius 2 is 1.75 bits per heavy atom. The zero-order valence-corrected chi connectivity index (χ0v) is 19.1. The number of alkyl halides is 3. The first kappa shape index (κ1) is 22.7. The molecule has 0 aliphatic carbocycles. The van der Waals surface area contributed by atoms with E-state index in [2.05, 4.69) is 55.3 Å². The number of hydrogen-bond donors (Lipinski definition) is 3. The second-order valence-corrected chi connectivity index (χ2v) is 10.4. The molecule has 2 aliphatic heterocycles. The molecule has 2 aromatic rings. The molecule has 1 fully saturated rings. The predicted octanol–water partition coefficient (Wildman–Crippen LogP) is 5.41. The van der Waals surface area contributed by atoms with Gasteiger partial charge in [0.15, 0.2) is 6.04 Å². The Hall–Kier alpha value is -2.48. The predicted molar refractivity (Wildman–Crippen MR) is 121 cm³/mol. The van der Waals surface area contributed by atoms with Crippen LogP contribution in [0.2, 0.25) is 0 Å². The van der Waals surface area contributed by atoms with Crippen LogP contribution in [-0.2, 0) is 0 Å². The van der Waals surface area contributed by atoms with Crippen molar-refractivity contribution >= 4 is 11.5 Å². The van der Waals surface area contributed by atoms with Crippen molar-refractivity contribution in [1.29, 1.82) is 0 Å². The molecule has 1 aromatic heterocycles. The highest BCUT2D eigenvalue weighted by Gasteiger charge is 2.47. The number of nitrogens with zero attached hydrogens (tertiary/aromatic N) is 2. The summed E-state index contributed by atoms with van der Waals surface area (Å²) in [6, 6.07) is 7.23. The van der Waals surface area contributed by atoms with E-state index >= 15 is 0 Å². The highest BCUT2D eigenvalue weighted by molar-refractivity contribution is 5.72. The van der Waals surface area contributed by atoms with E-state index in [1.807, 2.05) is 30.3 Å². The topological polar surface area (TPSA) is 53.9 Å². The number of rotatable bonds is 4. The lowest BCUT2D eigenvalue weighted by Gasteiger charge is -2.47. The van der Waals surface area contributed by atoms with E-state index in [-0.39, 0.29) is 23.5 Å². The van der Waals surface area contributed by atoms with Crippen LogP contribution < -0.4 is 16.0 Å². The molecule has 2 aliphatic rings. The van der Waals surface area contributed by atoms with Crippen LogP contribution in [0.5, 0.6) is 0 Å². The molecule has 32 heavy (non-hydrogen) atoms. The Kier molecular flexibility index (Phi) is 5.56. The van der Waals surface area contributed by atoms with Gasteiger partial charge in [-0.1, -0.05) is 36.9 Å². The summed E-state index contributed by atoms with van der Waals surface area (Å²) in [4.78, 5) is 0. The van der Waals surface area contributed by atoms with Crippen LogP contribution in [0.3, 0.4) is 0 Å². The molecule has 174 valence electrons. The van der Waals surface area contributed by atoms with Crippen LogP contribution in [0, 0.1) is 0 Å². The van der Waals surface area contributed by atoms with Crippen LogP contribution in [-0.4, -0.2) is 33.1 Å². The summed E-state index contributed by atoms with van der Waals surface area (Å²) in [6.45, 7) is 12.8. The highest BCUT2D eigenvalue weighted by Crippen LogP contribution is 2.45. The van der Waals surface area contributed by atoms with Gasteiger partial charge in [-0.2, -0.15) is 18.3 Å². The third-order valence-electron chi connectivity index (χ3n) is 6.33. The van der Waals surface area contributed by atoms with Gasteiger partial charge in [0.2, 0.25) is 0 Å². The first-order valence-electron chi connectivity index (χ1n) is 11.1. The number of piperidine rings is 1. The lowest BCUT2D eigenvalue weighted by atomic mass is 9.79. The Bertz CT molecular complexity index is 961. The molecule has 3 heterocycles. The molecule has 8 heteroatoms. The number of halogens is 3. The fourth-order valence-electron chi connectivity index (χ4n) is 5.44. The molecule has 4 rings (SSSR count). The normalized spacial score (nSPS) is 25.0. The average molecular weight is 448 g/mol. The summed E-state index contributed by atoms with van der Waals surface area (Å²) in [5.41, 5.74) is 1.87. The second kappa shape index (κ2) is 7.83. The highest BCUT2D eigenvalue weighted by atomic mass is 19.4. The summed E-state index contributed by atoms with van der Waals surface area (Å²) in [6.07, 6.45) is -1.27. The summed E-state index contributed by atoms with van der Waals surface area (Å²) >= 11 is 0. The van der Waals surface area contributed by atoms with Gasteiger partial charge in [0, 0.05) is 29.2 Å². The van der Waals surface area contributed by atoms with Crippen molar-refractivity contribution < 1.29 is 13.2 Å². The molecular weight excluding hydrogens is 415 g/mol. The van der Waals surface area contributed by atoms with Crippen LogP contribution in [0.1, 0.15) is 70.2 Å². The fraction of sp³-hybridized carbons (Fsp3) is 0.542. The summed E-state index contributed by atoms with van der Waals surface area (Å²) < 4.78 is 42.9. The zero-order chi connectivity index (χ0) is 23.3. The number of benzene rings is 1. The molecule has 5 nitrogen and oxygen atoms in total. The fourth-order valence-corrected chi connectivity index (χ4v) is 5.44. The maximum atomic E-state index is 13.9. The minimum absolute atomic E-state index is 0.0593. The van der Waals surface area contributed by atoms with Crippen LogP contribution in [0.15, 0.2) is 43.1 Å². The van der Waals surface area contributed by atoms with E-state index in [1.54, 1.807) is 0 Å². The van der Waals surface area contributed by atoms with Crippen molar-refractivity contribution in [3.63, 3.8) is 0 Å². The molecule has 0 spiro atoms. The van der Waals surface area contributed by atoms with Gasteiger partial charge in [-0.05, 0) is 46.1 Å². The van der Waals surface area contributed by atoms with Crippen molar-refractivity contribution in [1.82, 2.24) is 20.4 Å².